The van der Waals surface area contributed by atoms with Crippen molar-refractivity contribution < 1.29 is 14.4 Å². The maximum absolute atomic E-state index is 12.1. The van der Waals surface area contributed by atoms with E-state index >= 15 is 0 Å². The standard InChI is InChI=1S/C19H20ClN3O3/c1-12(22-16(24)11-14-9-5-6-10-15(14)20)18(25)23-19(26)17(21)13-7-3-2-4-8-13/h2-10,12,17H,11,21H2,1H3,(H,22,24)(H,23,25,26)/t12-,17+/m0/s1. The Morgan fingerprint density at radius 3 is 2.27 bits per heavy atom. The van der Waals surface area contributed by atoms with Gasteiger partial charge in [-0.2, -0.15) is 0 Å². The number of hydrogen-bond acceptors (Lipinski definition) is 4. The van der Waals surface area contributed by atoms with Gasteiger partial charge in [-0.25, -0.2) is 0 Å². The number of amides is 3. The van der Waals surface area contributed by atoms with Crippen molar-refractivity contribution in [1.82, 2.24) is 10.6 Å². The number of carbonyl (C=O) groups excluding carboxylic acids is 3. The molecular formula is C19H20ClN3O3. The summed E-state index contributed by atoms with van der Waals surface area (Å²) >= 11 is 6.01. The van der Waals surface area contributed by atoms with Crippen LogP contribution in [0, 0.1) is 0 Å². The van der Waals surface area contributed by atoms with E-state index in [2.05, 4.69) is 10.6 Å². The van der Waals surface area contributed by atoms with Gasteiger partial charge in [-0.3, -0.25) is 19.7 Å². The summed E-state index contributed by atoms with van der Waals surface area (Å²) in [6, 6.07) is 13.8. The van der Waals surface area contributed by atoms with Gasteiger partial charge in [0, 0.05) is 5.02 Å². The molecule has 0 aromatic heterocycles. The molecule has 4 N–H and O–H groups in total. The van der Waals surface area contributed by atoms with Gasteiger partial charge < -0.3 is 11.1 Å². The molecule has 0 heterocycles. The Morgan fingerprint density at radius 1 is 1.00 bits per heavy atom. The minimum Gasteiger partial charge on any atom is -0.344 e. The number of benzene rings is 2. The van der Waals surface area contributed by atoms with E-state index in [4.69, 9.17) is 17.3 Å². The van der Waals surface area contributed by atoms with Gasteiger partial charge in [0.1, 0.15) is 12.1 Å². The predicted octanol–water partition coefficient (Wildman–Crippen LogP) is 1.73. The summed E-state index contributed by atoms with van der Waals surface area (Å²) in [5, 5.41) is 5.23. The van der Waals surface area contributed by atoms with Crippen LogP contribution in [-0.2, 0) is 20.8 Å². The summed E-state index contributed by atoms with van der Waals surface area (Å²) in [6.07, 6.45) is 0.0365. The zero-order valence-corrected chi connectivity index (χ0v) is 15.0. The molecule has 7 heteroatoms. The minimum atomic E-state index is -0.967. The first-order valence-electron chi connectivity index (χ1n) is 8.06. The van der Waals surface area contributed by atoms with Crippen LogP contribution in [0.4, 0.5) is 0 Å². The van der Waals surface area contributed by atoms with Crippen LogP contribution in [0.25, 0.3) is 0 Å². The van der Waals surface area contributed by atoms with Gasteiger partial charge in [0.2, 0.25) is 17.7 Å². The third-order valence-electron chi connectivity index (χ3n) is 3.77. The number of halogens is 1. The van der Waals surface area contributed by atoms with Crippen LogP contribution in [0.1, 0.15) is 24.1 Å². The molecule has 0 aliphatic carbocycles. The maximum atomic E-state index is 12.1. The second-order valence-corrected chi connectivity index (χ2v) is 6.21. The van der Waals surface area contributed by atoms with Crippen LogP contribution in [0.2, 0.25) is 5.02 Å². The molecule has 0 saturated heterocycles. The molecule has 2 rings (SSSR count). The SMILES string of the molecule is C[C@H](NC(=O)Cc1ccccc1Cl)C(=O)NC(=O)[C@H](N)c1ccccc1. The van der Waals surface area contributed by atoms with E-state index in [9.17, 15) is 14.4 Å². The van der Waals surface area contributed by atoms with Gasteiger partial charge in [-0.15, -0.1) is 0 Å². The first kappa shape index (κ1) is 19.6. The topological polar surface area (TPSA) is 101 Å². The van der Waals surface area contributed by atoms with Crippen molar-refractivity contribution in [3.05, 3.63) is 70.7 Å². The average Bonchev–Trinajstić information content (AvgIpc) is 2.63. The second kappa shape index (κ2) is 9.12. The first-order valence-corrected chi connectivity index (χ1v) is 8.44. The van der Waals surface area contributed by atoms with Crippen molar-refractivity contribution in [3.8, 4) is 0 Å². The van der Waals surface area contributed by atoms with Gasteiger partial charge in [-0.1, -0.05) is 60.1 Å². The molecule has 2 aromatic rings. The van der Waals surface area contributed by atoms with Crippen LogP contribution >= 0.6 is 11.6 Å². The molecule has 2 aromatic carbocycles. The molecule has 0 unspecified atom stereocenters. The molecule has 3 amide bonds. The largest absolute Gasteiger partial charge is 0.344 e. The molecule has 0 fully saturated rings. The van der Waals surface area contributed by atoms with Crippen molar-refractivity contribution in [2.24, 2.45) is 5.73 Å². The third kappa shape index (κ3) is 5.40. The second-order valence-electron chi connectivity index (χ2n) is 5.80. The predicted molar refractivity (Wildman–Crippen MR) is 99.3 cm³/mol. The zero-order chi connectivity index (χ0) is 19.1. The first-order chi connectivity index (χ1) is 12.4. The highest BCUT2D eigenvalue weighted by atomic mass is 35.5. The van der Waals surface area contributed by atoms with Gasteiger partial charge in [0.25, 0.3) is 0 Å². The molecule has 0 radical (unpaired) electrons. The molecule has 0 bridgehead atoms. The van der Waals surface area contributed by atoms with Crippen molar-refractivity contribution in [2.75, 3.05) is 0 Å². The van der Waals surface area contributed by atoms with E-state index in [0.717, 1.165) is 0 Å². The zero-order valence-electron chi connectivity index (χ0n) is 14.2. The molecule has 0 aliphatic rings. The average molecular weight is 374 g/mol. The van der Waals surface area contributed by atoms with Crippen LogP contribution in [0.5, 0.6) is 0 Å². The van der Waals surface area contributed by atoms with E-state index in [1.54, 1.807) is 54.6 Å². The van der Waals surface area contributed by atoms with Crippen molar-refractivity contribution in [2.45, 2.75) is 25.4 Å². The van der Waals surface area contributed by atoms with Gasteiger partial charge >= 0.3 is 0 Å². The van der Waals surface area contributed by atoms with Gasteiger partial charge in [0.15, 0.2) is 0 Å². The quantitative estimate of drug-likeness (QED) is 0.717. The summed E-state index contributed by atoms with van der Waals surface area (Å²) in [5.41, 5.74) is 7.09. The molecule has 26 heavy (non-hydrogen) atoms. The number of hydrogen-bond donors (Lipinski definition) is 3. The number of nitrogens with one attached hydrogen (secondary N) is 2. The highest BCUT2D eigenvalue weighted by molar-refractivity contribution is 6.31. The fraction of sp³-hybridized carbons (Fsp3) is 0.211. The van der Waals surface area contributed by atoms with Gasteiger partial charge in [0.05, 0.1) is 6.42 Å². The molecular weight excluding hydrogens is 354 g/mol. The Balaban J connectivity index is 1.88. The summed E-state index contributed by atoms with van der Waals surface area (Å²) in [7, 11) is 0. The Labute approximate surface area is 156 Å². The molecule has 6 nitrogen and oxygen atoms in total. The number of imide groups is 1. The van der Waals surface area contributed by atoms with E-state index in [1.165, 1.54) is 6.92 Å². The highest BCUT2D eigenvalue weighted by Crippen LogP contribution is 2.15. The van der Waals surface area contributed by atoms with E-state index < -0.39 is 23.9 Å². The lowest BCUT2D eigenvalue weighted by molar-refractivity contribution is -0.134. The lowest BCUT2D eigenvalue weighted by atomic mass is 10.1. The molecule has 0 aliphatic heterocycles. The van der Waals surface area contributed by atoms with Crippen molar-refractivity contribution in [3.63, 3.8) is 0 Å². The monoisotopic (exact) mass is 373 g/mol. The van der Waals surface area contributed by atoms with Crippen LogP contribution in [0.15, 0.2) is 54.6 Å². The summed E-state index contributed by atoms with van der Waals surface area (Å²) in [5.74, 6) is -1.64. The fourth-order valence-electron chi connectivity index (χ4n) is 2.29. The Morgan fingerprint density at radius 2 is 1.62 bits per heavy atom. The number of carbonyl (C=O) groups is 3. The summed E-state index contributed by atoms with van der Waals surface area (Å²) in [4.78, 5) is 36.3. The Kier molecular flexibility index (Phi) is 6.89. The van der Waals surface area contributed by atoms with Crippen LogP contribution in [0.3, 0.4) is 0 Å². The highest BCUT2D eigenvalue weighted by Gasteiger charge is 2.22. The molecule has 0 saturated carbocycles. The van der Waals surface area contributed by atoms with Crippen LogP contribution in [-0.4, -0.2) is 23.8 Å². The smallest absolute Gasteiger partial charge is 0.248 e. The lowest BCUT2D eigenvalue weighted by Crippen LogP contribution is -2.49. The lowest BCUT2D eigenvalue weighted by Gasteiger charge is -2.16. The fourth-order valence-corrected chi connectivity index (χ4v) is 2.49. The summed E-state index contributed by atoms with van der Waals surface area (Å²) < 4.78 is 0. The van der Waals surface area contributed by atoms with Gasteiger partial charge in [-0.05, 0) is 24.1 Å². The normalized spacial score (nSPS) is 12.7. The Hall–Kier alpha value is -2.70. The molecule has 2 atom stereocenters. The van der Waals surface area contributed by atoms with Crippen LogP contribution < -0.4 is 16.4 Å². The minimum absolute atomic E-state index is 0.0365. The number of nitrogens with two attached hydrogens (primary N) is 1. The molecule has 136 valence electrons. The maximum Gasteiger partial charge on any atom is 0.248 e. The number of rotatable bonds is 6. The third-order valence-corrected chi connectivity index (χ3v) is 4.14. The van der Waals surface area contributed by atoms with E-state index in [1.807, 2.05) is 0 Å². The Bertz CT molecular complexity index is 796. The van der Waals surface area contributed by atoms with Crippen molar-refractivity contribution >= 4 is 29.3 Å². The van der Waals surface area contributed by atoms with E-state index in [0.29, 0.717) is 16.1 Å². The molecule has 0 spiro atoms. The summed E-state index contributed by atoms with van der Waals surface area (Å²) in [6.45, 7) is 1.49. The van der Waals surface area contributed by atoms with E-state index in [-0.39, 0.29) is 12.3 Å². The van der Waals surface area contributed by atoms with Crippen molar-refractivity contribution in [1.29, 1.82) is 0 Å².